The lowest BCUT2D eigenvalue weighted by Crippen LogP contribution is -2.33. The van der Waals surface area contributed by atoms with Crippen LogP contribution in [0.1, 0.15) is 12.0 Å². The van der Waals surface area contributed by atoms with E-state index >= 15 is 0 Å². The first-order chi connectivity index (χ1) is 9.93. The van der Waals surface area contributed by atoms with Crippen LogP contribution in [0.25, 0.3) is 0 Å². The molecule has 0 aliphatic carbocycles. The summed E-state index contributed by atoms with van der Waals surface area (Å²) in [5.74, 6) is 0.426. The van der Waals surface area contributed by atoms with Gasteiger partial charge in [0.05, 0.1) is 4.90 Å². The molecule has 1 unspecified atom stereocenters. The Morgan fingerprint density at radius 3 is 2.81 bits per heavy atom. The average Bonchev–Trinajstić information content (AvgIpc) is 2.85. The molecule has 1 aromatic carbocycles. The van der Waals surface area contributed by atoms with E-state index in [-0.39, 0.29) is 0 Å². The summed E-state index contributed by atoms with van der Waals surface area (Å²) in [4.78, 5) is 2.63. The smallest absolute Gasteiger partial charge is 0.242 e. The molecule has 0 amide bonds. The predicted octanol–water partition coefficient (Wildman–Crippen LogP) is 0.978. The van der Waals surface area contributed by atoms with Gasteiger partial charge in [-0.3, -0.25) is 0 Å². The van der Waals surface area contributed by atoms with Crippen LogP contribution in [0.5, 0.6) is 0 Å². The van der Waals surface area contributed by atoms with Gasteiger partial charge in [0.15, 0.2) is 0 Å². The molecule has 1 atom stereocenters. The van der Waals surface area contributed by atoms with Crippen LogP contribution in [0.4, 0.5) is 0 Å². The van der Waals surface area contributed by atoms with E-state index in [1.165, 1.54) is 4.31 Å². The number of nitrogens with zero attached hydrogens (tertiary/aromatic N) is 2. The predicted molar refractivity (Wildman–Crippen MR) is 84.6 cm³/mol. The van der Waals surface area contributed by atoms with Gasteiger partial charge >= 0.3 is 0 Å². The lowest BCUT2D eigenvalue weighted by atomic mass is 10.1. The molecular weight excluding hydrogens is 286 g/mol. The van der Waals surface area contributed by atoms with Crippen LogP contribution >= 0.6 is 0 Å². The molecule has 0 saturated carbocycles. The van der Waals surface area contributed by atoms with E-state index in [0.29, 0.717) is 23.9 Å². The van der Waals surface area contributed by atoms with E-state index in [1.54, 1.807) is 25.2 Å². The first-order valence-corrected chi connectivity index (χ1v) is 8.76. The van der Waals surface area contributed by atoms with E-state index in [4.69, 9.17) is 0 Å². The third-order valence-electron chi connectivity index (χ3n) is 3.99. The summed E-state index contributed by atoms with van der Waals surface area (Å²) in [6.45, 7) is 3.28. The molecule has 1 fully saturated rings. The summed E-state index contributed by atoms with van der Waals surface area (Å²) in [5.41, 5.74) is 0.979. The summed E-state index contributed by atoms with van der Waals surface area (Å²) >= 11 is 0. The number of nitrogens with one attached hydrogen (secondary N) is 1. The van der Waals surface area contributed by atoms with Crippen molar-refractivity contribution in [2.75, 3.05) is 40.8 Å². The summed E-state index contributed by atoms with van der Waals surface area (Å²) in [6, 6.07) is 7.16. The largest absolute Gasteiger partial charge is 0.316 e. The fraction of sp³-hybridized carbons (Fsp3) is 0.600. The molecule has 6 heteroatoms. The van der Waals surface area contributed by atoms with Crippen molar-refractivity contribution in [3.63, 3.8) is 0 Å². The van der Waals surface area contributed by atoms with Crippen molar-refractivity contribution in [3.8, 4) is 0 Å². The van der Waals surface area contributed by atoms with Gasteiger partial charge in [-0.1, -0.05) is 12.1 Å². The maximum Gasteiger partial charge on any atom is 0.242 e. The Hall–Kier alpha value is -0.950. The molecule has 1 N–H and O–H groups in total. The molecule has 2 rings (SSSR count). The minimum atomic E-state index is -3.40. The van der Waals surface area contributed by atoms with Gasteiger partial charge in [0, 0.05) is 26.7 Å². The highest BCUT2D eigenvalue weighted by molar-refractivity contribution is 7.89. The maximum absolute atomic E-state index is 12.6. The van der Waals surface area contributed by atoms with Gasteiger partial charge in [-0.2, -0.15) is 0 Å². The van der Waals surface area contributed by atoms with Gasteiger partial charge in [0.2, 0.25) is 10.0 Å². The number of hydrogen-bond donors (Lipinski definition) is 1. The van der Waals surface area contributed by atoms with Crippen molar-refractivity contribution >= 4 is 10.0 Å². The van der Waals surface area contributed by atoms with Crippen molar-refractivity contribution in [2.45, 2.75) is 17.9 Å². The monoisotopic (exact) mass is 311 g/mol. The quantitative estimate of drug-likeness (QED) is 0.851. The SMILES string of the molecule is CNCc1cccc(S(=O)(=O)N(C)CC2CCN(C)C2)c1. The fourth-order valence-corrected chi connectivity index (χ4v) is 4.15. The standard InChI is InChI=1S/C15H25N3O2S/c1-16-10-13-5-4-6-15(9-13)21(19,20)18(3)12-14-7-8-17(2)11-14/h4-6,9,14,16H,7-8,10-12H2,1-3H3. The first kappa shape index (κ1) is 16.4. The minimum absolute atomic E-state index is 0.379. The fourth-order valence-electron chi connectivity index (χ4n) is 2.84. The van der Waals surface area contributed by atoms with E-state index < -0.39 is 10.0 Å². The zero-order valence-electron chi connectivity index (χ0n) is 13.0. The second-order valence-electron chi connectivity index (χ2n) is 5.88. The highest BCUT2D eigenvalue weighted by Gasteiger charge is 2.27. The van der Waals surface area contributed by atoms with Crippen molar-refractivity contribution in [2.24, 2.45) is 5.92 Å². The summed E-state index contributed by atoms with van der Waals surface area (Å²) in [5, 5.41) is 3.04. The van der Waals surface area contributed by atoms with Crippen LogP contribution in [-0.4, -0.2) is 58.4 Å². The van der Waals surface area contributed by atoms with Crippen LogP contribution in [0.2, 0.25) is 0 Å². The lowest BCUT2D eigenvalue weighted by Gasteiger charge is -2.21. The van der Waals surface area contributed by atoms with Crippen LogP contribution < -0.4 is 5.32 Å². The summed E-state index contributed by atoms with van der Waals surface area (Å²) in [6.07, 6.45) is 1.07. The van der Waals surface area contributed by atoms with E-state index in [1.807, 2.05) is 13.1 Å². The second-order valence-corrected chi connectivity index (χ2v) is 7.93. The molecule has 21 heavy (non-hydrogen) atoms. The van der Waals surface area contributed by atoms with Crippen LogP contribution in [-0.2, 0) is 16.6 Å². The molecule has 1 aliphatic heterocycles. The van der Waals surface area contributed by atoms with Crippen LogP contribution in [0.15, 0.2) is 29.2 Å². The van der Waals surface area contributed by atoms with Crippen molar-refractivity contribution in [1.82, 2.24) is 14.5 Å². The molecule has 1 aromatic rings. The molecular formula is C15H25N3O2S. The van der Waals surface area contributed by atoms with Gasteiger partial charge in [-0.05, 0) is 50.7 Å². The molecule has 0 aromatic heterocycles. The highest BCUT2D eigenvalue weighted by atomic mass is 32.2. The maximum atomic E-state index is 12.6. The van der Waals surface area contributed by atoms with Crippen LogP contribution in [0.3, 0.4) is 0 Å². The number of hydrogen-bond acceptors (Lipinski definition) is 4. The van der Waals surface area contributed by atoms with Gasteiger partial charge in [0.1, 0.15) is 0 Å². The molecule has 5 nitrogen and oxygen atoms in total. The Morgan fingerprint density at radius 1 is 1.43 bits per heavy atom. The third-order valence-corrected chi connectivity index (χ3v) is 5.81. The van der Waals surface area contributed by atoms with Gasteiger partial charge in [0.25, 0.3) is 0 Å². The molecule has 1 aliphatic rings. The minimum Gasteiger partial charge on any atom is -0.316 e. The Kier molecular flexibility index (Phi) is 5.37. The van der Waals surface area contributed by atoms with E-state index in [9.17, 15) is 8.42 Å². The van der Waals surface area contributed by atoms with Gasteiger partial charge in [-0.15, -0.1) is 0 Å². The molecule has 0 spiro atoms. The molecule has 1 heterocycles. The molecule has 0 radical (unpaired) electrons. The summed E-state index contributed by atoms with van der Waals surface area (Å²) in [7, 11) is 2.21. The van der Waals surface area contributed by atoms with Crippen molar-refractivity contribution < 1.29 is 8.42 Å². The van der Waals surface area contributed by atoms with Gasteiger partial charge in [-0.25, -0.2) is 12.7 Å². The zero-order chi connectivity index (χ0) is 15.5. The molecule has 118 valence electrons. The van der Waals surface area contributed by atoms with E-state index in [2.05, 4.69) is 17.3 Å². The number of rotatable bonds is 6. The Bertz CT molecular complexity index is 574. The van der Waals surface area contributed by atoms with E-state index in [0.717, 1.165) is 25.1 Å². The highest BCUT2D eigenvalue weighted by Crippen LogP contribution is 2.20. The lowest BCUT2D eigenvalue weighted by molar-refractivity contribution is 0.356. The topological polar surface area (TPSA) is 52.7 Å². The average molecular weight is 311 g/mol. The number of sulfonamides is 1. The van der Waals surface area contributed by atoms with Crippen LogP contribution in [0, 0.1) is 5.92 Å². The normalized spacial score (nSPS) is 20.3. The first-order valence-electron chi connectivity index (χ1n) is 7.32. The summed E-state index contributed by atoms with van der Waals surface area (Å²) < 4.78 is 26.8. The number of likely N-dealkylation sites (tertiary alicyclic amines) is 1. The Labute approximate surface area is 128 Å². The second kappa shape index (κ2) is 6.87. The Morgan fingerprint density at radius 2 is 2.19 bits per heavy atom. The van der Waals surface area contributed by atoms with Gasteiger partial charge < -0.3 is 10.2 Å². The third kappa shape index (κ3) is 4.03. The Balaban J connectivity index is 2.11. The molecule has 0 bridgehead atoms. The zero-order valence-corrected chi connectivity index (χ0v) is 13.9. The van der Waals surface area contributed by atoms with Crippen molar-refractivity contribution in [1.29, 1.82) is 0 Å². The number of benzene rings is 1. The molecule has 1 saturated heterocycles. The van der Waals surface area contributed by atoms with Crippen molar-refractivity contribution in [3.05, 3.63) is 29.8 Å².